The van der Waals surface area contributed by atoms with E-state index in [1.54, 1.807) is 19.1 Å². The summed E-state index contributed by atoms with van der Waals surface area (Å²) in [6, 6.07) is 14.6. The Hall–Kier alpha value is -5.13. The van der Waals surface area contributed by atoms with Crippen molar-refractivity contribution in [3.63, 3.8) is 0 Å². The van der Waals surface area contributed by atoms with Gasteiger partial charge in [-0.15, -0.1) is 6.58 Å². The van der Waals surface area contributed by atoms with Crippen molar-refractivity contribution in [1.82, 2.24) is 25.4 Å². The van der Waals surface area contributed by atoms with Gasteiger partial charge in [0.05, 0.1) is 24.9 Å². The number of amides is 4. The van der Waals surface area contributed by atoms with Gasteiger partial charge in [0.25, 0.3) is 0 Å². The highest BCUT2D eigenvalue weighted by Crippen LogP contribution is 2.45. The number of urea groups is 1. The summed E-state index contributed by atoms with van der Waals surface area (Å²) in [6.07, 6.45) is 6.30. The third-order valence-electron chi connectivity index (χ3n) is 10.9. The van der Waals surface area contributed by atoms with Crippen molar-refractivity contribution < 1.29 is 33.8 Å². The Bertz CT molecular complexity index is 1830. The fraction of sp³-hybridized carbons (Fsp3) is 0.475. The Morgan fingerprint density at radius 2 is 1.81 bits per heavy atom. The molecule has 6 rings (SSSR count). The summed E-state index contributed by atoms with van der Waals surface area (Å²) in [5.41, 5.74) is 0.714. The number of aliphatic carboxylic acids is 1. The van der Waals surface area contributed by atoms with Crippen molar-refractivity contribution >= 4 is 34.7 Å². The van der Waals surface area contributed by atoms with Crippen LogP contribution in [0.2, 0.25) is 0 Å². The molecule has 0 bridgehead atoms. The van der Waals surface area contributed by atoms with Gasteiger partial charge < -0.3 is 35.0 Å². The first kappa shape index (κ1) is 36.7. The van der Waals surface area contributed by atoms with Gasteiger partial charge in [-0.2, -0.15) is 0 Å². The Morgan fingerprint density at radius 1 is 1.08 bits per heavy atom. The van der Waals surface area contributed by atoms with Crippen LogP contribution >= 0.6 is 0 Å². The zero-order chi connectivity index (χ0) is 37.2. The number of carbonyl (C=O) groups excluding carboxylic acids is 3. The SMILES string of the molecule is C=C[C@@H]1C[C@]1(NC(=O)[C@@H]1C[C@@H](Oc2cc(-c3ccccc3)nc3cc(OC)ccc23)CN1C(=O)N[C@H](C(=O)N(C)C1CCCCC1)C(C)C)C(=O)O. The lowest BCUT2D eigenvalue weighted by atomic mass is 9.93. The number of methoxy groups -OCH3 is 1. The average molecular weight is 712 g/mol. The third kappa shape index (κ3) is 7.42. The topological polar surface area (TPSA) is 150 Å². The normalized spacial score (nSPS) is 23.5. The highest BCUT2D eigenvalue weighted by Gasteiger charge is 2.61. The molecule has 2 aromatic carbocycles. The third-order valence-corrected chi connectivity index (χ3v) is 10.9. The van der Waals surface area contributed by atoms with Crippen LogP contribution in [0.4, 0.5) is 4.79 Å². The number of ether oxygens (including phenoxy) is 2. The maximum absolute atomic E-state index is 14.2. The molecule has 0 spiro atoms. The standard InChI is InChI=1S/C40H49N5O7/c1-6-26-22-40(26,38(48)49)43-36(46)33-20-29(23-45(33)39(50)42-35(24(2)3)37(47)44(4)27-15-11-8-12-16-27)52-34-21-31(25-13-9-7-10-14-25)41-32-19-28(51-5)17-18-30(32)34/h6-7,9-10,13-14,17-19,21,24,26-27,29,33,35H,1,8,11-12,15-16,20,22-23H2,2-5H3,(H,42,50)(H,43,46)(H,48,49)/t26-,29-,33+,35+,40-/m1/s1. The Kier molecular flexibility index (Phi) is 10.7. The van der Waals surface area contributed by atoms with Crippen molar-refractivity contribution in [2.45, 2.75) is 88.6 Å². The van der Waals surface area contributed by atoms with Crippen molar-refractivity contribution in [3.05, 3.63) is 67.3 Å². The van der Waals surface area contributed by atoms with Gasteiger partial charge in [-0.05, 0) is 37.3 Å². The number of rotatable bonds is 12. The van der Waals surface area contributed by atoms with E-state index in [0.717, 1.165) is 43.1 Å². The van der Waals surface area contributed by atoms with Crippen LogP contribution in [0.25, 0.3) is 22.2 Å². The molecule has 5 atom stereocenters. The van der Waals surface area contributed by atoms with Gasteiger partial charge >= 0.3 is 12.0 Å². The van der Waals surface area contributed by atoms with E-state index in [-0.39, 0.29) is 37.3 Å². The molecule has 2 heterocycles. The first-order valence-electron chi connectivity index (χ1n) is 18.2. The molecule has 1 aromatic heterocycles. The van der Waals surface area contributed by atoms with Gasteiger partial charge in [0.15, 0.2) is 0 Å². The van der Waals surface area contributed by atoms with Crippen LogP contribution in [-0.2, 0) is 14.4 Å². The summed E-state index contributed by atoms with van der Waals surface area (Å²) in [7, 11) is 3.38. The highest BCUT2D eigenvalue weighted by atomic mass is 16.5. The maximum atomic E-state index is 14.2. The number of carboxylic acid groups (broad SMARTS) is 1. The van der Waals surface area contributed by atoms with Crippen LogP contribution in [0.1, 0.15) is 58.8 Å². The quantitative estimate of drug-likeness (QED) is 0.212. The number of hydrogen-bond acceptors (Lipinski definition) is 7. The zero-order valence-electron chi connectivity index (χ0n) is 30.3. The van der Waals surface area contributed by atoms with Crippen molar-refractivity contribution in [3.8, 4) is 22.8 Å². The van der Waals surface area contributed by atoms with Crippen LogP contribution in [0.15, 0.2) is 67.3 Å². The van der Waals surface area contributed by atoms with Crippen molar-refractivity contribution in [2.75, 3.05) is 20.7 Å². The summed E-state index contributed by atoms with van der Waals surface area (Å²) in [6.45, 7) is 7.51. The van der Waals surface area contributed by atoms with Crippen LogP contribution in [0.5, 0.6) is 11.5 Å². The number of likely N-dealkylation sites (N-methyl/N-ethyl adjacent to an activating group) is 1. The molecular formula is C40H49N5O7. The number of carbonyl (C=O) groups is 4. The zero-order valence-corrected chi connectivity index (χ0v) is 30.3. The molecule has 52 heavy (non-hydrogen) atoms. The lowest BCUT2D eigenvalue weighted by Gasteiger charge is -2.36. The van der Waals surface area contributed by atoms with E-state index < -0.39 is 47.6 Å². The van der Waals surface area contributed by atoms with E-state index in [9.17, 15) is 24.3 Å². The Labute approximate surface area is 304 Å². The first-order chi connectivity index (χ1) is 24.9. The molecule has 0 radical (unpaired) electrons. The minimum absolute atomic E-state index is 0.0208. The van der Waals surface area contributed by atoms with Crippen LogP contribution in [-0.4, -0.2) is 94.2 Å². The van der Waals surface area contributed by atoms with Crippen molar-refractivity contribution in [1.29, 1.82) is 0 Å². The molecule has 3 aliphatic rings. The van der Waals surface area contributed by atoms with Gasteiger partial charge in [-0.1, -0.05) is 69.5 Å². The smallest absolute Gasteiger partial charge is 0.330 e. The molecule has 276 valence electrons. The summed E-state index contributed by atoms with van der Waals surface area (Å²) >= 11 is 0. The number of pyridine rings is 1. The van der Waals surface area contributed by atoms with E-state index in [1.165, 1.54) is 11.0 Å². The lowest BCUT2D eigenvalue weighted by Crippen LogP contribution is -2.58. The molecule has 12 heteroatoms. The molecule has 1 saturated heterocycles. The van der Waals surface area contributed by atoms with Crippen molar-refractivity contribution in [2.24, 2.45) is 11.8 Å². The number of likely N-dealkylation sites (tertiary alicyclic amines) is 1. The largest absolute Gasteiger partial charge is 0.497 e. The fourth-order valence-corrected chi connectivity index (χ4v) is 7.61. The second-order valence-electron chi connectivity index (χ2n) is 14.6. The van der Waals surface area contributed by atoms with E-state index in [2.05, 4.69) is 17.2 Å². The molecule has 4 amide bonds. The highest BCUT2D eigenvalue weighted by molar-refractivity contribution is 5.95. The maximum Gasteiger partial charge on any atom is 0.330 e. The van der Waals surface area contributed by atoms with Gasteiger partial charge in [-0.25, -0.2) is 14.6 Å². The number of hydrogen-bond donors (Lipinski definition) is 3. The summed E-state index contributed by atoms with van der Waals surface area (Å²) in [5, 5.41) is 16.4. The van der Waals surface area contributed by atoms with E-state index >= 15 is 0 Å². The van der Waals surface area contributed by atoms with Gasteiger partial charge in [0.1, 0.15) is 35.2 Å². The predicted molar refractivity (Wildman–Crippen MR) is 197 cm³/mol. The second-order valence-corrected chi connectivity index (χ2v) is 14.6. The molecule has 3 N–H and O–H groups in total. The Balaban J connectivity index is 1.29. The van der Waals surface area contributed by atoms with Crippen LogP contribution in [0, 0.1) is 11.8 Å². The minimum atomic E-state index is -1.48. The minimum Gasteiger partial charge on any atom is -0.497 e. The molecule has 3 aromatic rings. The van der Waals surface area contributed by atoms with Gasteiger partial charge in [0, 0.05) is 48.5 Å². The number of fused-ring (bicyclic) bond motifs is 1. The number of nitrogens with one attached hydrogen (secondary N) is 2. The first-order valence-corrected chi connectivity index (χ1v) is 18.2. The fourth-order valence-electron chi connectivity index (χ4n) is 7.61. The number of benzene rings is 2. The van der Waals surface area contributed by atoms with Crippen LogP contribution in [0.3, 0.4) is 0 Å². The van der Waals surface area contributed by atoms with E-state index in [4.69, 9.17) is 14.5 Å². The summed E-state index contributed by atoms with van der Waals surface area (Å²) < 4.78 is 12.1. The number of nitrogens with zero attached hydrogens (tertiary/aromatic N) is 3. The van der Waals surface area contributed by atoms with Gasteiger partial charge in [0.2, 0.25) is 11.8 Å². The number of carboxylic acids is 1. The average Bonchev–Trinajstić information content (AvgIpc) is 3.72. The molecule has 12 nitrogen and oxygen atoms in total. The molecule has 1 aliphatic heterocycles. The van der Waals surface area contributed by atoms with Crippen LogP contribution < -0.4 is 20.1 Å². The summed E-state index contributed by atoms with van der Waals surface area (Å²) in [5.74, 6) is -1.45. The lowest BCUT2D eigenvalue weighted by molar-refractivity contribution is -0.144. The molecule has 3 fully saturated rings. The van der Waals surface area contributed by atoms with E-state index in [1.807, 2.05) is 68.4 Å². The molecule has 0 unspecified atom stereocenters. The molecular weight excluding hydrogens is 662 g/mol. The summed E-state index contributed by atoms with van der Waals surface area (Å²) in [4.78, 5) is 62.3. The monoisotopic (exact) mass is 711 g/mol. The predicted octanol–water partition coefficient (Wildman–Crippen LogP) is 5.40. The molecule has 2 aliphatic carbocycles. The Morgan fingerprint density at radius 3 is 2.44 bits per heavy atom. The number of aromatic nitrogens is 1. The van der Waals surface area contributed by atoms with Gasteiger partial charge in [-0.3, -0.25) is 9.59 Å². The second kappa shape index (κ2) is 15.2. The molecule has 2 saturated carbocycles. The van der Waals surface area contributed by atoms with E-state index in [0.29, 0.717) is 22.7 Å².